The van der Waals surface area contributed by atoms with Crippen LogP contribution in [0.15, 0.2) is 18.3 Å². The molecule has 0 aliphatic carbocycles. The monoisotopic (exact) mass is 202 g/mol. The molecule has 0 N–H and O–H groups in total. The summed E-state index contributed by atoms with van der Waals surface area (Å²) >= 11 is 0. The second-order valence-electron chi connectivity index (χ2n) is 3.83. The first-order valence-corrected chi connectivity index (χ1v) is 4.94. The molecular formula is C11H14N4. The zero-order valence-corrected chi connectivity index (χ0v) is 9.23. The summed E-state index contributed by atoms with van der Waals surface area (Å²) in [7, 11) is 0. The molecule has 0 aliphatic rings. The minimum absolute atomic E-state index is 0.684. The molecule has 0 bridgehead atoms. The summed E-state index contributed by atoms with van der Waals surface area (Å²) in [5.74, 6) is 0. The Balaban J connectivity index is 2.24. The maximum absolute atomic E-state index is 4.45. The molecule has 0 radical (unpaired) electrons. The van der Waals surface area contributed by atoms with Gasteiger partial charge in [0.05, 0.1) is 17.9 Å². The largest absolute Gasteiger partial charge is 0.256 e. The Morgan fingerprint density at radius 2 is 1.93 bits per heavy atom. The average Bonchev–Trinajstić information content (AvgIpc) is 2.49. The molecule has 0 saturated carbocycles. The van der Waals surface area contributed by atoms with Crippen molar-refractivity contribution in [1.82, 2.24) is 20.0 Å². The minimum Gasteiger partial charge on any atom is -0.256 e. The molecule has 2 aromatic heterocycles. The van der Waals surface area contributed by atoms with Gasteiger partial charge in [0, 0.05) is 11.9 Å². The minimum atomic E-state index is 0.684. The molecule has 0 fully saturated rings. The van der Waals surface area contributed by atoms with Gasteiger partial charge in [0.2, 0.25) is 0 Å². The molecule has 2 aromatic rings. The second kappa shape index (κ2) is 3.81. The standard InChI is InChI=1S/C11H14N4/c1-8-4-9(2)12-11(5-8)7-15-6-10(3)13-14-15/h4-6H,7H2,1-3H3. The fourth-order valence-electron chi connectivity index (χ4n) is 1.64. The van der Waals surface area contributed by atoms with Crippen LogP contribution < -0.4 is 0 Å². The van der Waals surface area contributed by atoms with E-state index in [1.807, 2.05) is 20.0 Å². The Morgan fingerprint density at radius 3 is 2.53 bits per heavy atom. The quantitative estimate of drug-likeness (QED) is 0.743. The Labute approximate surface area is 89.0 Å². The van der Waals surface area contributed by atoms with Gasteiger partial charge in [0.15, 0.2) is 0 Å². The van der Waals surface area contributed by atoms with Gasteiger partial charge >= 0.3 is 0 Å². The Bertz CT molecular complexity index is 453. The highest BCUT2D eigenvalue weighted by Crippen LogP contribution is 2.05. The fourth-order valence-corrected chi connectivity index (χ4v) is 1.64. The molecule has 4 heteroatoms. The third-order valence-corrected chi connectivity index (χ3v) is 2.13. The summed E-state index contributed by atoms with van der Waals surface area (Å²) in [5, 5.41) is 7.94. The molecule has 0 amide bonds. The fraction of sp³-hybridized carbons (Fsp3) is 0.364. The molecular weight excluding hydrogens is 188 g/mol. The van der Waals surface area contributed by atoms with Gasteiger partial charge in [-0.25, -0.2) is 4.68 Å². The summed E-state index contributed by atoms with van der Waals surface area (Å²) in [6.45, 7) is 6.69. The van der Waals surface area contributed by atoms with Crippen molar-refractivity contribution in [1.29, 1.82) is 0 Å². The van der Waals surface area contributed by atoms with Crippen LogP contribution in [0.2, 0.25) is 0 Å². The van der Waals surface area contributed by atoms with E-state index in [2.05, 4.69) is 34.4 Å². The molecule has 0 aromatic carbocycles. The van der Waals surface area contributed by atoms with Gasteiger partial charge in [-0.15, -0.1) is 5.10 Å². The van der Waals surface area contributed by atoms with Crippen molar-refractivity contribution < 1.29 is 0 Å². The third-order valence-electron chi connectivity index (χ3n) is 2.13. The number of nitrogens with zero attached hydrogens (tertiary/aromatic N) is 4. The van der Waals surface area contributed by atoms with E-state index in [1.54, 1.807) is 4.68 Å². The van der Waals surface area contributed by atoms with Crippen molar-refractivity contribution in [3.05, 3.63) is 41.0 Å². The van der Waals surface area contributed by atoms with Crippen LogP contribution in [0, 0.1) is 20.8 Å². The smallest absolute Gasteiger partial charge is 0.0849 e. The number of aromatic nitrogens is 4. The highest BCUT2D eigenvalue weighted by Gasteiger charge is 2.00. The van der Waals surface area contributed by atoms with Crippen molar-refractivity contribution >= 4 is 0 Å². The molecule has 4 nitrogen and oxygen atoms in total. The number of hydrogen-bond acceptors (Lipinski definition) is 3. The van der Waals surface area contributed by atoms with E-state index in [0.717, 1.165) is 17.1 Å². The third kappa shape index (κ3) is 2.40. The van der Waals surface area contributed by atoms with Crippen LogP contribution in [0.3, 0.4) is 0 Å². The van der Waals surface area contributed by atoms with Crippen LogP contribution in [-0.2, 0) is 6.54 Å². The Kier molecular flexibility index (Phi) is 2.49. The highest BCUT2D eigenvalue weighted by atomic mass is 15.4. The molecule has 0 unspecified atom stereocenters. The zero-order chi connectivity index (χ0) is 10.8. The molecule has 0 atom stereocenters. The van der Waals surface area contributed by atoms with Crippen molar-refractivity contribution in [3.63, 3.8) is 0 Å². The Morgan fingerprint density at radius 1 is 1.13 bits per heavy atom. The number of rotatable bonds is 2. The second-order valence-corrected chi connectivity index (χ2v) is 3.83. The van der Waals surface area contributed by atoms with E-state index in [-0.39, 0.29) is 0 Å². The van der Waals surface area contributed by atoms with Gasteiger partial charge in [0.25, 0.3) is 0 Å². The highest BCUT2D eigenvalue weighted by molar-refractivity contribution is 5.19. The van der Waals surface area contributed by atoms with Crippen molar-refractivity contribution in [2.45, 2.75) is 27.3 Å². The first-order chi connectivity index (χ1) is 7.13. The predicted octanol–water partition coefficient (Wildman–Crippen LogP) is 1.65. The van der Waals surface area contributed by atoms with E-state index in [0.29, 0.717) is 6.54 Å². The predicted molar refractivity (Wildman–Crippen MR) is 57.6 cm³/mol. The summed E-state index contributed by atoms with van der Waals surface area (Å²) in [6.07, 6.45) is 1.92. The van der Waals surface area contributed by atoms with Crippen molar-refractivity contribution in [2.24, 2.45) is 0 Å². The van der Waals surface area contributed by atoms with E-state index >= 15 is 0 Å². The van der Waals surface area contributed by atoms with E-state index in [4.69, 9.17) is 0 Å². The van der Waals surface area contributed by atoms with Crippen LogP contribution >= 0.6 is 0 Å². The van der Waals surface area contributed by atoms with Gasteiger partial charge < -0.3 is 0 Å². The van der Waals surface area contributed by atoms with E-state index < -0.39 is 0 Å². The van der Waals surface area contributed by atoms with Gasteiger partial charge in [-0.3, -0.25) is 4.98 Å². The van der Waals surface area contributed by atoms with Gasteiger partial charge in [-0.1, -0.05) is 5.21 Å². The van der Waals surface area contributed by atoms with Crippen LogP contribution in [0.4, 0.5) is 0 Å². The first kappa shape index (κ1) is 9.83. The van der Waals surface area contributed by atoms with E-state index in [1.165, 1.54) is 5.56 Å². The average molecular weight is 202 g/mol. The lowest BCUT2D eigenvalue weighted by atomic mass is 10.2. The zero-order valence-electron chi connectivity index (χ0n) is 9.23. The summed E-state index contributed by atoms with van der Waals surface area (Å²) in [6, 6.07) is 4.14. The lowest BCUT2D eigenvalue weighted by molar-refractivity contribution is 0.637. The van der Waals surface area contributed by atoms with Gasteiger partial charge in [-0.05, 0) is 38.5 Å². The van der Waals surface area contributed by atoms with Crippen molar-refractivity contribution in [3.8, 4) is 0 Å². The Hall–Kier alpha value is -1.71. The molecule has 2 heterocycles. The van der Waals surface area contributed by atoms with Crippen molar-refractivity contribution in [2.75, 3.05) is 0 Å². The normalized spacial score (nSPS) is 10.6. The molecule has 15 heavy (non-hydrogen) atoms. The molecule has 0 aliphatic heterocycles. The van der Waals surface area contributed by atoms with E-state index in [9.17, 15) is 0 Å². The van der Waals surface area contributed by atoms with Crippen LogP contribution in [0.5, 0.6) is 0 Å². The topological polar surface area (TPSA) is 43.6 Å². The van der Waals surface area contributed by atoms with Crippen LogP contribution in [0.1, 0.15) is 22.6 Å². The molecule has 78 valence electrons. The van der Waals surface area contributed by atoms with Gasteiger partial charge in [-0.2, -0.15) is 0 Å². The summed E-state index contributed by atoms with van der Waals surface area (Å²) in [4.78, 5) is 4.45. The molecule has 0 spiro atoms. The van der Waals surface area contributed by atoms with Crippen LogP contribution in [-0.4, -0.2) is 20.0 Å². The lowest BCUT2D eigenvalue weighted by Crippen LogP contribution is -2.03. The SMILES string of the molecule is Cc1cc(C)nc(Cn2cc(C)nn2)c1. The lowest BCUT2D eigenvalue weighted by Gasteiger charge is -2.03. The maximum Gasteiger partial charge on any atom is 0.0849 e. The molecule has 2 rings (SSSR count). The first-order valence-electron chi connectivity index (χ1n) is 4.94. The number of hydrogen-bond donors (Lipinski definition) is 0. The number of aryl methyl sites for hydroxylation is 3. The number of pyridine rings is 1. The van der Waals surface area contributed by atoms with Crippen LogP contribution in [0.25, 0.3) is 0 Å². The maximum atomic E-state index is 4.45. The molecule has 0 saturated heterocycles. The van der Waals surface area contributed by atoms with Gasteiger partial charge in [0.1, 0.15) is 0 Å². The summed E-state index contributed by atoms with van der Waals surface area (Å²) in [5.41, 5.74) is 4.23. The summed E-state index contributed by atoms with van der Waals surface area (Å²) < 4.78 is 1.80.